The minimum Gasteiger partial charge on any atom is -0.466 e. The van der Waals surface area contributed by atoms with E-state index in [2.05, 4.69) is 25.7 Å². The number of rotatable bonds is 5. The Hall–Kier alpha value is -3.69. The highest BCUT2D eigenvalue weighted by molar-refractivity contribution is 6.00. The maximum atomic E-state index is 12.4. The van der Waals surface area contributed by atoms with Crippen LogP contribution in [0.3, 0.4) is 0 Å². The lowest BCUT2D eigenvalue weighted by molar-refractivity contribution is -0.142. The average Bonchev–Trinajstić information content (AvgIpc) is 3.09. The van der Waals surface area contributed by atoms with Gasteiger partial charge in [0.15, 0.2) is 0 Å². The quantitative estimate of drug-likeness (QED) is 0.583. The van der Waals surface area contributed by atoms with Crippen molar-refractivity contribution >= 4 is 29.2 Å². The molecule has 0 radical (unpaired) electrons. The number of amides is 2. The molecule has 3 rings (SSSR count). The monoisotopic (exact) mass is 370 g/mol. The second kappa shape index (κ2) is 7.68. The number of urea groups is 1. The van der Waals surface area contributed by atoms with Crippen LogP contribution in [-0.4, -0.2) is 38.2 Å². The van der Waals surface area contributed by atoms with Crippen molar-refractivity contribution in [1.29, 1.82) is 0 Å². The minimum absolute atomic E-state index is 0.0492. The van der Waals surface area contributed by atoms with E-state index in [1.54, 1.807) is 38.1 Å². The van der Waals surface area contributed by atoms with Gasteiger partial charge in [0.2, 0.25) is 0 Å². The maximum absolute atomic E-state index is 12.4. The number of carbonyl (C=O) groups excluding carboxylic acids is 2. The summed E-state index contributed by atoms with van der Waals surface area (Å²) in [6.45, 7) is 3.68. The molecular formula is C17H18N6O4. The predicted molar refractivity (Wildman–Crippen MR) is 97.8 cm³/mol. The molecular weight excluding hydrogens is 352 g/mol. The molecule has 10 nitrogen and oxygen atoms in total. The molecule has 2 aromatic heterocycles. The molecule has 0 fully saturated rings. The van der Waals surface area contributed by atoms with E-state index in [-0.39, 0.29) is 23.9 Å². The fourth-order valence-electron chi connectivity index (χ4n) is 2.46. The number of anilines is 2. The number of nitrogens with one attached hydrogen (secondary N) is 3. The zero-order valence-corrected chi connectivity index (χ0v) is 14.8. The topological polar surface area (TPSA) is 130 Å². The van der Waals surface area contributed by atoms with Crippen molar-refractivity contribution in [2.75, 3.05) is 17.2 Å². The van der Waals surface area contributed by atoms with Crippen LogP contribution in [0.1, 0.15) is 18.2 Å². The molecule has 3 aromatic rings. The first kappa shape index (κ1) is 18.1. The third-order valence-electron chi connectivity index (χ3n) is 3.72. The zero-order valence-electron chi connectivity index (χ0n) is 14.8. The van der Waals surface area contributed by atoms with Gasteiger partial charge in [-0.2, -0.15) is 4.52 Å². The largest absolute Gasteiger partial charge is 0.466 e. The number of aromatic amines is 1. The second-order valence-corrected chi connectivity index (χ2v) is 5.66. The highest BCUT2D eigenvalue weighted by Crippen LogP contribution is 2.12. The predicted octanol–water partition coefficient (Wildman–Crippen LogP) is 1.48. The van der Waals surface area contributed by atoms with Crippen LogP contribution in [0.4, 0.5) is 16.2 Å². The molecule has 140 valence electrons. The molecule has 3 N–H and O–H groups in total. The van der Waals surface area contributed by atoms with Crippen LogP contribution in [0.15, 0.2) is 35.4 Å². The Balaban J connectivity index is 1.68. The number of fused-ring (bicyclic) bond motifs is 1. The molecule has 0 aliphatic rings. The Bertz CT molecular complexity index is 1040. The average molecular weight is 370 g/mol. The number of benzene rings is 1. The van der Waals surface area contributed by atoms with Gasteiger partial charge in [-0.15, -0.1) is 0 Å². The lowest BCUT2D eigenvalue weighted by Crippen LogP contribution is -2.28. The van der Waals surface area contributed by atoms with Crippen LogP contribution in [0.2, 0.25) is 0 Å². The molecule has 0 spiro atoms. The molecule has 0 atom stereocenters. The van der Waals surface area contributed by atoms with Gasteiger partial charge in [-0.25, -0.2) is 14.8 Å². The normalized spacial score (nSPS) is 10.6. The van der Waals surface area contributed by atoms with E-state index in [4.69, 9.17) is 4.74 Å². The number of hydrogen-bond acceptors (Lipinski definition) is 6. The van der Waals surface area contributed by atoms with Gasteiger partial charge in [-0.05, 0) is 31.5 Å². The summed E-state index contributed by atoms with van der Waals surface area (Å²) in [7, 11) is 0. The van der Waals surface area contributed by atoms with Gasteiger partial charge in [0, 0.05) is 5.69 Å². The molecule has 2 amide bonds. The van der Waals surface area contributed by atoms with E-state index in [9.17, 15) is 14.4 Å². The number of nitrogens with zero attached hydrogens (tertiary/aromatic N) is 3. The smallest absolute Gasteiger partial charge is 0.323 e. The lowest BCUT2D eigenvalue weighted by atomic mass is 10.1. The molecule has 27 heavy (non-hydrogen) atoms. The van der Waals surface area contributed by atoms with Crippen molar-refractivity contribution in [2.24, 2.45) is 0 Å². The van der Waals surface area contributed by atoms with E-state index in [0.717, 1.165) is 10.1 Å². The van der Waals surface area contributed by atoms with Crippen molar-refractivity contribution in [3.63, 3.8) is 0 Å². The summed E-state index contributed by atoms with van der Waals surface area (Å²) in [5, 5.41) is 7.76. The van der Waals surface area contributed by atoms with Gasteiger partial charge in [0.1, 0.15) is 12.0 Å². The highest BCUT2D eigenvalue weighted by atomic mass is 16.5. The van der Waals surface area contributed by atoms with Crippen LogP contribution in [0.25, 0.3) is 5.78 Å². The Labute approximate surface area is 153 Å². The van der Waals surface area contributed by atoms with E-state index in [0.29, 0.717) is 18.0 Å². The van der Waals surface area contributed by atoms with E-state index in [1.165, 1.54) is 6.33 Å². The van der Waals surface area contributed by atoms with E-state index >= 15 is 0 Å². The van der Waals surface area contributed by atoms with Crippen molar-refractivity contribution < 1.29 is 14.3 Å². The maximum Gasteiger partial charge on any atom is 0.323 e. The van der Waals surface area contributed by atoms with Gasteiger partial charge in [0.25, 0.3) is 11.3 Å². The van der Waals surface area contributed by atoms with Crippen molar-refractivity contribution in [1.82, 2.24) is 19.6 Å². The lowest BCUT2D eigenvalue weighted by Gasteiger charge is -2.09. The first-order valence-electron chi connectivity index (χ1n) is 8.23. The second-order valence-electron chi connectivity index (χ2n) is 5.66. The first-order chi connectivity index (χ1) is 13.0. The molecule has 0 bridgehead atoms. The molecule has 1 aromatic carbocycles. The highest BCUT2D eigenvalue weighted by Gasteiger charge is 2.14. The molecule has 0 aliphatic heterocycles. The summed E-state index contributed by atoms with van der Waals surface area (Å²) in [5.74, 6) is -0.0887. The number of esters is 1. The summed E-state index contributed by atoms with van der Waals surface area (Å²) in [5.41, 5.74) is 1.21. The van der Waals surface area contributed by atoms with Gasteiger partial charge < -0.3 is 15.4 Å². The van der Waals surface area contributed by atoms with Gasteiger partial charge in [-0.3, -0.25) is 14.7 Å². The number of aryl methyl sites for hydroxylation is 1. The SMILES string of the molecule is CCOC(=O)Cc1ccc(NC(=O)Nc2c(C)nc3nc[nH]n3c2=O)cc1. The Morgan fingerprint density at radius 1 is 1.22 bits per heavy atom. The Morgan fingerprint density at radius 3 is 2.67 bits per heavy atom. The summed E-state index contributed by atoms with van der Waals surface area (Å²) >= 11 is 0. The molecule has 0 unspecified atom stereocenters. The zero-order chi connectivity index (χ0) is 19.4. The Kier molecular flexibility index (Phi) is 5.15. The number of H-pyrrole nitrogens is 1. The molecule has 0 saturated heterocycles. The van der Waals surface area contributed by atoms with Crippen LogP contribution in [0, 0.1) is 6.92 Å². The fourth-order valence-corrected chi connectivity index (χ4v) is 2.46. The standard InChI is InChI=1S/C17H18N6O4/c1-3-27-13(24)8-11-4-6-12(7-5-11)21-17(26)22-14-10(2)20-16-18-9-19-23(16)15(14)25/h4-7,9H,3,8H2,1-2H3,(H,18,19,20)(H2,21,22,26). The summed E-state index contributed by atoms with van der Waals surface area (Å²) < 4.78 is 6.02. The molecule has 0 saturated carbocycles. The summed E-state index contributed by atoms with van der Waals surface area (Å²) in [6, 6.07) is 6.15. The van der Waals surface area contributed by atoms with Crippen LogP contribution in [0.5, 0.6) is 0 Å². The number of hydrogen-bond donors (Lipinski definition) is 3. The van der Waals surface area contributed by atoms with Crippen molar-refractivity contribution in [3.05, 3.63) is 52.2 Å². The molecule has 2 heterocycles. The van der Waals surface area contributed by atoms with E-state index in [1.807, 2.05) is 0 Å². The van der Waals surface area contributed by atoms with Crippen LogP contribution < -0.4 is 16.2 Å². The molecule has 0 aliphatic carbocycles. The van der Waals surface area contributed by atoms with Crippen molar-refractivity contribution in [2.45, 2.75) is 20.3 Å². The Morgan fingerprint density at radius 2 is 1.96 bits per heavy atom. The van der Waals surface area contributed by atoms with Gasteiger partial charge >= 0.3 is 12.0 Å². The van der Waals surface area contributed by atoms with Gasteiger partial charge in [-0.1, -0.05) is 12.1 Å². The van der Waals surface area contributed by atoms with Crippen LogP contribution in [-0.2, 0) is 16.0 Å². The first-order valence-corrected chi connectivity index (χ1v) is 8.23. The third-order valence-corrected chi connectivity index (χ3v) is 3.72. The van der Waals surface area contributed by atoms with Crippen molar-refractivity contribution in [3.8, 4) is 0 Å². The van der Waals surface area contributed by atoms with Crippen LogP contribution >= 0.6 is 0 Å². The minimum atomic E-state index is -0.588. The number of carbonyl (C=O) groups is 2. The molecule has 10 heteroatoms. The summed E-state index contributed by atoms with van der Waals surface area (Å²) in [6.07, 6.45) is 1.50. The third kappa shape index (κ3) is 4.11. The van der Waals surface area contributed by atoms with E-state index < -0.39 is 11.6 Å². The number of ether oxygens (including phenoxy) is 1. The summed E-state index contributed by atoms with van der Waals surface area (Å²) in [4.78, 5) is 44.1. The van der Waals surface area contributed by atoms with Gasteiger partial charge in [0.05, 0.1) is 18.7 Å². The fraction of sp³-hybridized carbons (Fsp3) is 0.235. The number of aromatic nitrogens is 4.